The van der Waals surface area contributed by atoms with E-state index in [0.29, 0.717) is 12.3 Å². The van der Waals surface area contributed by atoms with Crippen LogP contribution in [0.5, 0.6) is 0 Å². The maximum Gasteiger partial charge on any atom is 0.226 e. The molecule has 4 nitrogen and oxygen atoms in total. The number of H-pyrrole nitrogens is 1. The highest BCUT2D eigenvalue weighted by molar-refractivity contribution is 5.94. The van der Waals surface area contributed by atoms with E-state index in [9.17, 15) is 4.79 Å². The lowest BCUT2D eigenvalue weighted by Crippen LogP contribution is -2.25. The van der Waals surface area contributed by atoms with E-state index < -0.39 is 0 Å². The number of nitrogens with zero attached hydrogens (tertiary/aromatic N) is 1. The van der Waals surface area contributed by atoms with Crippen molar-refractivity contribution in [1.82, 2.24) is 10.2 Å². The van der Waals surface area contributed by atoms with Gasteiger partial charge in [-0.15, -0.1) is 0 Å². The number of benzene rings is 1. The van der Waals surface area contributed by atoms with E-state index in [2.05, 4.69) is 40.6 Å². The van der Waals surface area contributed by atoms with Crippen molar-refractivity contribution in [2.45, 2.75) is 44.4 Å². The number of hydrogen-bond acceptors (Lipinski definition) is 2. The number of amides is 1. The van der Waals surface area contributed by atoms with Gasteiger partial charge < -0.3 is 5.32 Å². The number of nitrogens with one attached hydrogen (secondary N) is 2. The molecule has 1 saturated carbocycles. The molecule has 1 aliphatic carbocycles. The molecule has 21 heavy (non-hydrogen) atoms. The summed E-state index contributed by atoms with van der Waals surface area (Å²) in [7, 11) is 0. The van der Waals surface area contributed by atoms with Gasteiger partial charge in [0.15, 0.2) is 5.82 Å². The van der Waals surface area contributed by atoms with Crippen LogP contribution in [0.2, 0.25) is 0 Å². The molecule has 4 rings (SSSR count). The third kappa shape index (κ3) is 1.97. The summed E-state index contributed by atoms with van der Waals surface area (Å²) in [5.74, 6) is 1.51. The van der Waals surface area contributed by atoms with Gasteiger partial charge in [-0.2, -0.15) is 5.10 Å². The van der Waals surface area contributed by atoms with Crippen LogP contribution in [0, 0.1) is 6.92 Å². The van der Waals surface area contributed by atoms with Crippen LogP contribution < -0.4 is 5.32 Å². The minimum absolute atomic E-state index is 0.0578. The fraction of sp³-hybridized carbons (Fsp3) is 0.412. The molecule has 1 aliphatic heterocycles. The third-order valence-corrected chi connectivity index (χ3v) is 4.91. The number of fused-ring (bicyclic) bond motifs is 1. The first kappa shape index (κ1) is 12.6. The summed E-state index contributed by atoms with van der Waals surface area (Å²) < 4.78 is 0. The number of rotatable bonds is 2. The van der Waals surface area contributed by atoms with E-state index in [0.717, 1.165) is 5.82 Å². The molecule has 2 heterocycles. The quantitative estimate of drug-likeness (QED) is 0.885. The Hall–Kier alpha value is -2.10. The first-order valence-electron chi connectivity index (χ1n) is 7.67. The minimum Gasteiger partial charge on any atom is -0.309 e. The standard InChI is InChI=1S/C17H19N3O/c1-10-5-2-3-8-12(10)13-9-14(21)18-17-15(13)16(19-20-17)11-6-4-7-11/h2-3,5,8,11,13H,4,6-7,9H2,1H3,(H2,18,19,20,21). The molecular weight excluding hydrogens is 262 g/mol. The van der Waals surface area contributed by atoms with Gasteiger partial charge in [-0.1, -0.05) is 30.7 Å². The summed E-state index contributed by atoms with van der Waals surface area (Å²) in [6.07, 6.45) is 4.25. The second-order valence-corrected chi connectivity index (χ2v) is 6.19. The summed E-state index contributed by atoms with van der Waals surface area (Å²) in [5, 5.41) is 10.5. The van der Waals surface area contributed by atoms with Gasteiger partial charge in [-0.25, -0.2) is 0 Å². The topological polar surface area (TPSA) is 57.8 Å². The Morgan fingerprint density at radius 1 is 1.24 bits per heavy atom. The lowest BCUT2D eigenvalue weighted by atomic mass is 9.76. The van der Waals surface area contributed by atoms with Crippen LogP contribution in [0.4, 0.5) is 5.82 Å². The van der Waals surface area contributed by atoms with Gasteiger partial charge >= 0.3 is 0 Å². The average molecular weight is 281 g/mol. The van der Waals surface area contributed by atoms with E-state index >= 15 is 0 Å². The smallest absolute Gasteiger partial charge is 0.226 e. The van der Waals surface area contributed by atoms with Gasteiger partial charge in [0, 0.05) is 29.5 Å². The van der Waals surface area contributed by atoms with Gasteiger partial charge in [0.05, 0.1) is 0 Å². The molecule has 1 unspecified atom stereocenters. The molecule has 2 aliphatic rings. The zero-order valence-electron chi connectivity index (χ0n) is 12.1. The highest BCUT2D eigenvalue weighted by Gasteiger charge is 2.35. The summed E-state index contributed by atoms with van der Waals surface area (Å²) in [6, 6.07) is 8.35. The molecule has 1 aromatic carbocycles. The van der Waals surface area contributed by atoms with Crippen molar-refractivity contribution >= 4 is 11.7 Å². The van der Waals surface area contributed by atoms with Crippen molar-refractivity contribution in [1.29, 1.82) is 0 Å². The first-order valence-corrected chi connectivity index (χ1v) is 7.67. The highest BCUT2D eigenvalue weighted by atomic mass is 16.1. The Labute approximate surface area is 124 Å². The molecule has 1 atom stereocenters. The van der Waals surface area contributed by atoms with E-state index in [4.69, 9.17) is 0 Å². The number of aryl methyl sites for hydroxylation is 1. The van der Waals surface area contributed by atoms with E-state index in [-0.39, 0.29) is 11.8 Å². The number of anilines is 1. The molecule has 0 saturated heterocycles. The number of aromatic amines is 1. The lowest BCUT2D eigenvalue weighted by molar-refractivity contribution is -0.116. The Morgan fingerprint density at radius 2 is 2.05 bits per heavy atom. The zero-order valence-corrected chi connectivity index (χ0v) is 12.1. The van der Waals surface area contributed by atoms with Crippen LogP contribution >= 0.6 is 0 Å². The fourth-order valence-corrected chi connectivity index (χ4v) is 3.53. The summed E-state index contributed by atoms with van der Waals surface area (Å²) in [4.78, 5) is 12.0. The van der Waals surface area contributed by atoms with Crippen LogP contribution in [0.1, 0.15) is 59.9 Å². The van der Waals surface area contributed by atoms with Crippen molar-refractivity contribution < 1.29 is 4.79 Å². The summed E-state index contributed by atoms with van der Waals surface area (Å²) in [5.41, 5.74) is 4.94. The third-order valence-electron chi connectivity index (χ3n) is 4.91. The average Bonchev–Trinajstić information content (AvgIpc) is 2.80. The number of carbonyl (C=O) groups excluding carboxylic acids is 1. The van der Waals surface area contributed by atoms with Crippen LogP contribution in [0.25, 0.3) is 0 Å². The minimum atomic E-state index is 0.0578. The molecule has 0 radical (unpaired) electrons. The molecule has 108 valence electrons. The van der Waals surface area contributed by atoms with Crippen LogP contribution in [0.15, 0.2) is 24.3 Å². The number of aromatic nitrogens is 2. The SMILES string of the molecule is Cc1ccccc1C1CC(=O)Nc2n[nH]c(C3CCC3)c21. The first-order chi connectivity index (χ1) is 10.2. The predicted octanol–water partition coefficient (Wildman–Crippen LogP) is 3.46. The van der Waals surface area contributed by atoms with E-state index in [1.54, 1.807) is 0 Å². The number of hydrogen-bond donors (Lipinski definition) is 2. The van der Waals surface area contributed by atoms with Crippen molar-refractivity contribution in [2.75, 3.05) is 5.32 Å². The Morgan fingerprint density at radius 3 is 2.76 bits per heavy atom. The monoisotopic (exact) mass is 281 g/mol. The Kier molecular flexibility index (Phi) is 2.84. The molecular formula is C17H19N3O. The van der Waals surface area contributed by atoms with Crippen LogP contribution in [-0.2, 0) is 4.79 Å². The summed E-state index contributed by atoms with van der Waals surface area (Å²) >= 11 is 0. The molecule has 1 aromatic heterocycles. The fourth-order valence-electron chi connectivity index (χ4n) is 3.53. The molecule has 4 heteroatoms. The maximum absolute atomic E-state index is 12.0. The zero-order chi connectivity index (χ0) is 14.4. The largest absolute Gasteiger partial charge is 0.309 e. The van der Waals surface area contributed by atoms with Crippen LogP contribution in [0.3, 0.4) is 0 Å². The van der Waals surface area contributed by atoms with Gasteiger partial charge in [0.2, 0.25) is 5.91 Å². The second kappa shape index (κ2) is 4.72. The van der Waals surface area contributed by atoms with E-state index in [1.807, 2.05) is 6.07 Å². The van der Waals surface area contributed by atoms with Crippen molar-refractivity contribution in [3.8, 4) is 0 Å². The molecule has 1 amide bonds. The molecule has 2 N–H and O–H groups in total. The Balaban J connectivity index is 1.84. The normalized spacial score (nSPS) is 21.6. The van der Waals surface area contributed by atoms with Crippen molar-refractivity contribution in [3.63, 3.8) is 0 Å². The second-order valence-electron chi connectivity index (χ2n) is 6.19. The van der Waals surface area contributed by atoms with Crippen LogP contribution in [-0.4, -0.2) is 16.1 Å². The van der Waals surface area contributed by atoms with Crippen molar-refractivity contribution in [3.05, 3.63) is 46.6 Å². The Bertz CT molecular complexity index is 700. The molecule has 2 aromatic rings. The molecule has 1 fully saturated rings. The van der Waals surface area contributed by atoms with Crippen molar-refractivity contribution in [2.24, 2.45) is 0 Å². The maximum atomic E-state index is 12.0. The summed E-state index contributed by atoms with van der Waals surface area (Å²) in [6.45, 7) is 2.12. The highest BCUT2D eigenvalue weighted by Crippen LogP contribution is 2.45. The van der Waals surface area contributed by atoms with E-state index in [1.165, 1.54) is 41.6 Å². The lowest BCUT2D eigenvalue weighted by Gasteiger charge is -2.30. The molecule has 0 bridgehead atoms. The number of carbonyl (C=O) groups is 1. The van der Waals surface area contributed by atoms with Gasteiger partial charge in [0.25, 0.3) is 0 Å². The molecule has 0 spiro atoms. The van der Waals surface area contributed by atoms with Gasteiger partial charge in [0.1, 0.15) is 0 Å². The van der Waals surface area contributed by atoms with Gasteiger partial charge in [-0.05, 0) is 30.9 Å². The van der Waals surface area contributed by atoms with Gasteiger partial charge in [-0.3, -0.25) is 9.89 Å². The predicted molar refractivity (Wildman–Crippen MR) is 81.4 cm³/mol.